The lowest BCUT2D eigenvalue weighted by molar-refractivity contribution is 0.781. The Kier molecular flexibility index (Phi) is 2.89. The second kappa shape index (κ2) is 4.88. The lowest BCUT2D eigenvalue weighted by atomic mass is 10.0. The Morgan fingerprint density at radius 1 is 0.950 bits per heavy atom. The minimum Gasteiger partial charge on any atom is -0.241 e. The van der Waals surface area contributed by atoms with E-state index in [2.05, 4.69) is 53.9 Å². The summed E-state index contributed by atoms with van der Waals surface area (Å²) in [6.07, 6.45) is 2.38. The van der Waals surface area contributed by atoms with E-state index in [1.165, 1.54) is 34.5 Å². The Morgan fingerprint density at radius 2 is 1.75 bits per heavy atom. The molecule has 0 fully saturated rings. The van der Waals surface area contributed by atoms with Crippen LogP contribution >= 0.6 is 11.3 Å². The smallest absolute Gasteiger partial charge is 0.101 e. The van der Waals surface area contributed by atoms with E-state index in [1.54, 1.807) is 11.3 Å². The highest BCUT2D eigenvalue weighted by Crippen LogP contribution is 2.40. The third-order valence-corrected chi connectivity index (χ3v) is 4.98. The minimum atomic E-state index is 0.494. The van der Waals surface area contributed by atoms with Gasteiger partial charge in [0.25, 0.3) is 0 Å². The Morgan fingerprint density at radius 3 is 2.65 bits per heavy atom. The van der Waals surface area contributed by atoms with Crippen LogP contribution in [0.5, 0.6) is 0 Å². The van der Waals surface area contributed by atoms with Crippen LogP contribution in [0.3, 0.4) is 0 Å². The zero-order valence-corrected chi connectivity index (χ0v) is 11.9. The lowest BCUT2D eigenvalue weighted by Crippen LogP contribution is -1.95. The fourth-order valence-corrected chi connectivity index (χ4v) is 3.98. The molecule has 2 heteroatoms. The van der Waals surface area contributed by atoms with Crippen molar-refractivity contribution in [2.75, 3.05) is 0 Å². The molecule has 0 saturated carbocycles. The van der Waals surface area contributed by atoms with Crippen molar-refractivity contribution in [3.8, 4) is 11.3 Å². The number of hydrogen-bond acceptors (Lipinski definition) is 2. The summed E-state index contributed by atoms with van der Waals surface area (Å²) in [5.41, 5.74) is 5.28. The molecule has 0 saturated heterocycles. The second-order valence-electron chi connectivity index (χ2n) is 5.23. The molecule has 1 aliphatic rings. The Balaban J connectivity index is 1.70. The van der Waals surface area contributed by atoms with E-state index in [9.17, 15) is 0 Å². The molecule has 1 aromatic heterocycles. The van der Waals surface area contributed by atoms with Gasteiger partial charge in [0.1, 0.15) is 5.01 Å². The van der Waals surface area contributed by atoms with Crippen molar-refractivity contribution in [3.05, 3.63) is 76.1 Å². The lowest BCUT2D eigenvalue weighted by Gasteiger charge is -2.07. The maximum Gasteiger partial charge on any atom is 0.101 e. The maximum absolute atomic E-state index is 4.88. The van der Waals surface area contributed by atoms with Gasteiger partial charge in [0.05, 0.1) is 5.69 Å². The van der Waals surface area contributed by atoms with Crippen molar-refractivity contribution in [1.82, 2.24) is 4.98 Å². The van der Waals surface area contributed by atoms with Gasteiger partial charge < -0.3 is 0 Å². The zero-order valence-electron chi connectivity index (χ0n) is 11.1. The van der Waals surface area contributed by atoms with Gasteiger partial charge in [0.15, 0.2) is 0 Å². The Hall–Kier alpha value is -1.93. The summed E-state index contributed by atoms with van der Waals surface area (Å²) in [7, 11) is 0. The van der Waals surface area contributed by atoms with Gasteiger partial charge in [0, 0.05) is 16.9 Å². The molecule has 2 aromatic carbocycles. The first-order valence-electron chi connectivity index (χ1n) is 7.00. The van der Waals surface area contributed by atoms with E-state index in [4.69, 9.17) is 4.98 Å². The standard InChI is InChI=1S/C18H15NS/c1-2-7-14(8-3-1)17-12-20-18(19-17)16-11-10-13-6-4-5-9-15(13)16/h1-9,12,16H,10-11H2. The number of aromatic nitrogens is 1. The normalized spacial score (nSPS) is 17.1. The molecule has 3 aromatic rings. The van der Waals surface area contributed by atoms with E-state index in [0.29, 0.717) is 5.92 Å². The van der Waals surface area contributed by atoms with Crippen molar-refractivity contribution in [2.24, 2.45) is 0 Å². The molecule has 1 atom stereocenters. The first-order valence-corrected chi connectivity index (χ1v) is 7.88. The summed E-state index contributed by atoms with van der Waals surface area (Å²) in [4.78, 5) is 4.88. The third kappa shape index (κ3) is 1.97. The molecular formula is C18H15NS. The van der Waals surface area contributed by atoms with Crippen LogP contribution < -0.4 is 0 Å². The molecule has 0 amide bonds. The van der Waals surface area contributed by atoms with E-state index < -0.39 is 0 Å². The minimum absolute atomic E-state index is 0.494. The van der Waals surface area contributed by atoms with Crippen LogP contribution in [0.1, 0.15) is 28.5 Å². The monoisotopic (exact) mass is 277 g/mol. The fraction of sp³-hybridized carbons (Fsp3) is 0.167. The van der Waals surface area contributed by atoms with Crippen molar-refractivity contribution < 1.29 is 0 Å². The van der Waals surface area contributed by atoms with Gasteiger partial charge >= 0.3 is 0 Å². The van der Waals surface area contributed by atoms with Crippen LogP contribution in [0.15, 0.2) is 60.0 Å². The Bertz CT molecular complexity index is 730. The predicted octanol–water partition coefficient (Wildman–Crippen LogP) is 4.89. The molecule has 0 aliphatic heterocycles. The number of thiazole rings is 1. The average molecular weight is 277 g/mol. The van der Waals surface area contributed by atoms with Gasteiger partial charge in [-0.25, -0.2) is 4.98 Å². The number of rotatable bonds is 2. The molecule has 4 rings (SSSR count). The summed E-state index contributed by atoms with van der Waals surface area (Å²) < 4.78 is 0. The first-order chi connectivity index (χ1) is 9.92. The van der Waals surface area contributed by atoms with Crippen molar-refractivity contribution in [3.63, 3.8) is 0 Å². The van der Waals surface area contributed by atoms with Crippen LogP contribution in [0.2, 0.25) is 0 Å². The van der Waals surface area contributed by atoms with Crippen LogP contribution in [0, 0.1) is 0 Å². The summed E-state index contributed by atoms with van der Waals surface area (Å²) in [5, 5.41) is 3.44. The van der Waals surface area contributed by atoms with Gasteiger partial charge in [-0.3, -0.25) is 0 Å². The highest BCUT2D eigenvalue weighted by molar-refractivity contribution is 7.10. The number of aryl methyl sites for hydroxylation is 1. The first kappa shape index (κ1) is 11.9. The molecule has 20 heavy (non-hydrogen) atoms. The molecular weight excluding hydrogens is 262 g/mol. The van der Waals surface area contributed by atoms with Gasteiger partial charge in [-0.1, -0.05) is 54.6 Å². The van der Waals surface area contributed by atoms with Crippen molar-refractivity contribution in [2.45, 2.75) is 18.8 Å². The highest BCUT2D eigenvalue weighted by atomic mass is 32.1. The highest BCUT2D eigenvalue weighted by Gasteiger charge is 2.25. The third-order valence-electron chi connectivity index (χ3n) is 4.02. The fourth-order valence-electron chi connectivity index (χ4n) is 3.00. The molecule has 0 bridgehead atoms. The number of fused-ring (bicyclic) bond motifs is 1. The molecule has 98 valence electrons. The second-order valence-corrected chi connectivity index (χ2v) is 6.12. The van der Waals surface area contributed by atoms with Gasteiger partial charge in [-0.15, -0.1) is 11.3 Å². The number of benzene rings is 2. The van der Waals surface area contributed by atoms with E-state index in [-0.39, 0.29) is 0 Å². The van der Waals surface area contributed by atoms with Crippen LogP contribution in [-0.2, 0) is 6.42 Å². The molecule has 0 N–H and O–H groups in total. The number of hydrogen-bond donors (Lipinski definition) is 0. The average Bonchev–Trinajstić information content (AvgIpc) is 3.14. The van der Waals surface area contributed by atoms with E-state index in [0.717, 1.165) is 5.69 Å². The molecule has 1 heterocycles. The van der Waals surface area contributed by atoms with E-state index >= 15 is 0 Å². The summed E-state index contributed by atoms with van der Waals surface area (Å²) in [6, 6.07) is 19.2. The molecule has 0 radical (unpaired) electrons. The predicted molar refractivity (Wildman–Crippen MR) is 84.2 cm³/mol. The number of nitrogens with zero attached hydrogens (tertiary/aromatic N) is 1. The van der Waals surface area contributed by atoms with Crippen molar-refractivity contribution >= 4 is 11.3 Å². The summed E-state index contributed by atoms with van der Waals surface area (Å²) in [5.74, 6) is 0.494. The largest absolute Gasteiger partial charge is 0.241 e. The molecule has 1 aliphatic carbocycles. The van der Waals surface area contributed by atoms with Gasteiger partial charge in [0.2, 0.25) is 0 Å². The quantitative estimate of drug-likeness (QED) is 0.650. The van der Waals surface area contributed by atoms with Crippen molar-refractivity contribution in [1.29, 1.82) is 0 Å². The summed E-state index contributed by atoms with van der Waals surface area (Å²) in [6.45, 7) is 0. The van der Waals surface area contributed by atoms with Crippen LogP contribution in [-0.4, -0.2) is 4.98 Å². The van der Waals surface area contributed by atoms with E-state index in [1.807, 2.05) is 6.07 Å². The topological polar surface area (TPSA) is 12.9 Å². The molecule has 0 spiro atoms. The van der Waals surface area contributed by atoms with Gasteiger partial charge in [-0.05, 0) is 24.0 Å². The summed E-state index contributed by atoms with van der Waals surface area (Å²) >= 11 is 1.79. The van der Waals surface area contributed by atoms with Crippen LogP contribution in [0.4, 0.5) is 0 Å². The zero-order chi connectivity index (χ0) is 13.4. The van der Waals surface area contributed by atoms with Crippen LogP contribution in [0.25, 0.3) is 11.3 Å². The molecule has 1 nitrogen and oxygen atoms in total. The van der Waals surface area contributed by atoms with Gasteiger partial charge in [-0.2, -0.15) is 0 Å². The SMILES string of the molecule is c1ccc(-c2csc(C3CCc4ccccc43)n2)cc1. The maximum atomic E-state index is 4.88. The Labute approximate surface area is 122 Å². The molecule has 1 unspecified atom stereocenters.